The number of imide groups is 1. The smallest absolute Gasteiger partial charge is 0.254 e. The lowest BCUT2D eigenvalue weighted by Gasteiger charge is -2.18. The molecule has 0 aliphatic carbocycles. The first-order valence-corrected chi connectivity index (χ1v) is 5.06. The highest BCUT2D eigenvalue weighted by Crippen LogP contribution is 2.31. The summed E-state index contributed by atoms with van der Waals surface area (Å²) < 4.78 is 0. The van der Waals surface area contributed by atoms with Gasteiger partial charge in [0.05, 0.1) is 5.41 Å². The van der Waals surface area contributed by atoms with E-state index < -0.39 is 5.41 Å². The van der Waals surface area contributed by atoms with Gasteiger partial charge in [0.2, 0.25) is 5.91 Å². The van der Waals surface area contributed by atoms with Gasteiger partial charge in [-0.3, -0.25) is 15.0 Å². The molecule has 2 heterocycles. The third-order valence-corrected chi connectivity index (χ3v) is 2.52. The third kappa shape index (κ3) is 1.76. The minimum atomic E-state index is -0.626. The van der Waals surface area contributed by atoms with E-state index in [9.17, 15) is 9.59 Å². The van der Waals surface area contributed by atoms with Gasteiger partial charge in [-0.1, -0.05) is 19.9 Å². The van der Waals surface area contributed by atoms with Gasteiger partial charge in [-0.25, -0.2) is 4.98 Å². The average Bonchev–Trinajstić information content (AvgIpc) is 2.42. The second kappa shape index (κ2) is 3.59. The first-order valence-electron chi connectivity index (χ1n) is 5.06. The van der Waals surface area contributed by atoms with Crippen LogP contribution in [0.15, 0.2) is 24.4 Å². The largest absolute Gasteiger partial charge is 0.272 e. The predicted octanol–water partition coefficient (Wildman–Crippen LogP) is 1.19. The summed E-state index contributed by atoms with van der Waals surface area (Å²) >= 11 is 0. The van der Waals surface area contributed by atoms with Gasteiger partial charge in [0.15, 0.2) is 0 Å². The Bertz CT molecular complexity index is 428. The summed E-state index contributed by atoms with van der Waals surface area (Å²) in [4.78, 5) is 27.5. The van der Waals surface area contributed by atoms with Gasteiger partial charge in [-0.15, -0.1) is 0 Å². The van der Waals surface area contributed by atoms with Crippen molar-refractivity contribution in [2.24, 2.45) is 5.41 Å². The molecule has 2 amide bonds. The normalized spacial score (nSPS) is 19.0. The van der Waals surface area contributed by atoms with Gasteiger partial charge < -0.3 is 0 Å². The molecule has 1 saturated heterocycles. The van der Waals surface area contributed by atoms with Crippen molar-refractivity contribution < 1.29 is 9.59 Å². The van der Waals surface area contributed by atoms with Crippen molar-refractivity contribution in [3.63, 3.8) is 0 Å². The van der Waals surface area contributed by atoms with E-state index in [4.69, 9.17) is 0 Å². The lowest BCUT2D eigenvalue weighted by atomic mass is 9.92. The number of hydrazine groups is 1. The molecule has 0 radical (unpaired) electrons. The molecule has 0 saturated carbocycles. The fourth-order valence-corrected chi connectivity index (χ4v) is 1.61. The molecule has 84 valence electrons. The molecule has 1 aliphatic heterocycles. The number of carbonyl (C=O) groups is 2. The molecule has 1 fully saturated rings. The minimum absolute atomic E-state index is 0.219. The monoisotopic (exact) mass is 219 g/mol. The maximum absolute atomic E-state index is 11.9. The molecule has 0 spiro atoms. The van der Waals surface area contributed by atoms with Crippen LogP contribution in [-0.2, 0) is 9.59 Å². The van der Waals surface area contributed by atoms with Crippen LogP contribution in [0.3, 0.4) is 0 Å². The lowest BCUT2D eigenvalue weighted by Crippen LogP contribution is -2.38. The zero-order valence-corrected chi connectivity index (χ0v) is 9.23. The van der Waals surface area contributed by atoms with Crippen LogP contribution in [0.1, 0.15) is 20.3 Å². The zero-order valence-electron chi connectivity index (χ0n) is 9.23. The maximum Gasteiger partial charge on any atom is 0.254 e. The second-order valence-electron chi connectivity index (χ2n) is 4.42. The molecular formula is C11H13N3O2. The van der Waals surface area contributed by atoms with E-state index in [-0.39, 0.29) is 18.2 Å². The summed E-state index contributed by atoms with van der Waals surface area (Å²) in [5.74, 6) is 0.0470. The average molecular weight is 219 g/mol. The van der Waals surface area contributed by atoms with E-state index in [1.165, 1.54) is 0 Å². The summed E-state index contributed by atoms with van der Waals surface area (Å²) in [5.41, 5.74) is 2.09. The summed E-state index contributed by atoms with van der Waals surface area (Å²) in [5, 5.41) is 1.04. The third-order valence-electron chi connectivity index (χ3n) is 2.52. The Morgan fingerprint density at radius 3 is 2.62 bits per heavy atom. The zero-order chi connectivity index (χ0) is 11.8. The van der Waals surface area contributed by atoms with E-state index in [0.717, 1.165) is 5.01 Å². The van der Waals surface area contributed by atoms with Gasteiger partial charge in [0, 0.05) is 12.6 Å². The molecule has 16 heavy (non-hydrogen) atoms. The minimum Gasteiger partial charge on any atom is -0.272 e. The van der Waals surface area contributed by atoms with E-state index >= 15 is 0 Å². The standard InChI is InChI=1S/C11H13N3O2/c1-11(2)7-9(15)14(10(11)16)13-8-5-3-4-6-12-8/h3-6H,7H2,1-2H3,(H,12,13). The van der Waals surface area contributed by atoms with Gasteiger partial charge >= 0.3 is 0 Å². The molecule has 2 rings (SSSR count). The van der Waals surface area contributed by atoms with Gasteiger partial charge in [-0.2, -0.15) is 5.01 Å². The van der Waals surface area contributed by atoms with E-state index in [1.807, 2.05) is 0 Å². The summed E-state index contributed by atoms with van der Waals surface area (Å²) in [6.07, 6.45) is 1.82. The molecule has 5 heteroatoms. The number of amides is 2. The van der Waals surface area contributed by atoms with E-state index in [1.54, 1.807) is 38.2 Å². The number of nitrogens with one attached hydrogen (secondary N) is 1. The number of hydrogen-bond acceptors (Lipinski definition) is 4. The molecule has 0 atom stereocenters. The van der Waals surface area contributed by atoms with Crippen LogP contribution in [0.25, 0.3) is 0 Å². The molecule has 1 aromatic heterocycles. The van der Waals surface area contributed by atoms with Crippen LogP contribution in [0, 0.1) is 5.41 Å². The summed E-state index contributed by atoms with van der Waals surface area (Å²) in [7, 11) is 0. The van der Waals surface area contributed by atoms with Gasteiger partial charge in [0.25, 0.3) is 5.91 Å². The molecular weight excluding hydrogens is 206 g/mol. The maximum atomic E-state index is 11.9. The van der Waals surface area contributed by atoms with Crippen molar-refractivity contribution in [2.45, 2.75) is 20.3 Å². The Kier molecular flexibility index (Phi) is 2.38. The highest BCUT2D eigenvalue weighted by atomic mass is 16.2. The van der Waals surface area contributed by atoms with Crippen molar-refractivity contribution in [2.75, 3.05) is 5.43 Å². The first-order chi connectivity index (χ1) is 7.50. The summed E-state index contributed by atoms with van der Waals surface area (Å²) in [6.45, 7) is 3.51. The second-order valence-corrected chi connectivity index (χ2v) is 4.42. The number of aromatic nitrogens is 1. The van der Waals surface area contributed by atoms with Crippen molar-refractivity contribution in [3.05, 3.63) is 24.4 Å². The molecule has 1 N–H and O–H groups in total. The highest BCUT2D eigenvalue weighted by molar-refractivity contribution is 6.06. The Hall–Kier alpha value is -1.91. The number of hydrogen-bond donors (Lipinski definition) is 1. The van der Waals surface area contributed by atoms with Crippen LogP contribution in [-0.4, -0.2) is 21.8 Å². The number of rotatable bonds is 2. The Labute approximate surface area is 93.4 Å². The first kappa shape index (κ1) is 10.6. The van der Waals surface area contributed by atoms with Crippen LogP contribution in [0.5, 0.6) is 0 Å². The van der Waals surface area contributed by atoms with Gasteiger partial charge in [-0.05, 0) is 12.1 Å². The number of nitrogens with zero attached hydrogens (tertiary/aromatic N) is 2. The predicted molar refractivity (Wildman–Crippen MR) is 58.1 cm³/mol. The molecule has 0 unspecified atom stereocenters. The van der Waals surface area contributed by atoms with Crippen LogP contribution in [0.4, 0.5) is 5.82 Å². The molecule has 0 bridgehead atoms. The Balaban J connectivity index is 2.18. The van der Waals surface area contributed by atoms with Crippen molar-refractivity contribution in [1.82, 2.24) is 9.99 Å². The van der Waals surface area contributed by atoms with E-state index in [0.29, 0.717) is 5.82 Å². The van der Waals surface area contributed by atoms with Crippen molar-refractivity contribution in [3.8, 4) is 0 Å². The molecule has 5 nitrogen and oxygen atoms in total. The van der Waals surface area contributed by atoms with E-state index in [2.05, 4.69) is 10.4 Å². The number of carbonyl (C=O) groups excluding carboxylic acids is 2. The van der Waals surface area contributed by atoms with Crippen molar-refractivity contribution in [1.29, 1.82) is 0 Å². The van der Waals surface area contributed by atoms with Crippen LogP contribution in [0.2, 0.25) is 0 Å². The van der Waals surface area contributed by atoms with Gasteiger partial charge in [0.1, 0.15) is 5.82 Å². The SMILES string of the molecule is CC1(C)CC(=O)N(Nc2ccccn2)C1=O. The van der Waals surface area contributed by atoms with Crippen LogP contribution < -0.4 is 5.43 Å². The fourth-order valence-electron chi connectivity index (χ4n) is 1.61. The van der Waals surface area contributed by atoms with Crippen molar-refractivity contribution >= 4 is 17.6 Å². The molecule has 0 aromatic carbocycles. The Morgan fingerprint density at radius 2 is 2.12 bits per heavy atom. The van der Waals surface area contributed by atoms with Crippen LogP contribution >= 0.6 is 0 Å². The number of anilines is 1. The highest BCUT2D eigenvalue weighted by Gasteiger charge is 2.45. The fraction of sp³-hybridized carbons (Fsp3) is 0.364. The number of pyridine rings is 1. The quantitative estimate of drug-likeness (QED) is 0.759. The molecule has 1 aliphatic rings. The Morgan fingerprint density at radius 1 is 1.38 bits per heavy atom. The lowest BCUT2D eigenvalue weighted by molar-refractivity contribution is -0.139. The molecule has 1 aromatic rings. The summed E-state index contributed by atoms with van der Waals surface area (Å²) in [6, 6.07) is 5.25. The topological polar surface area (TPSA) is 62.3 Å².